The standard InChI is InChI=1S/C46H53ClF2N11O7P/c1-67-37-21-28(11-12-33(37)55-45-52-23-31(47)41(57-45)53-34-8-4-5-10-38(34)68(2,3)66)58-19-15-27(16-20-58)51-18-17-50-24-40(62)60-26-46(48,49)22-36(60)43(64)54-32-9-6-7-29-30(32)25-59(44(29)65)35-13-14-39(61)56-42(35)63/h4-12,21,23,27,35-36,50-51H,13-20,22,24-26H2,1-3H3,(H,54,64)(H,56,61,63)(H2,52,53,55,57)/t35?,36-/m0/s1. The fraction of sp³-hybridized carbons (Fsp3) is 0.413. The quantitative estimate of drug-likeness (QED) is 0.0512. The summed E-state index contributed by atoms with van der Waals surface area (Å²) in [5.74, 6) is -4.96. The maximum Gasteiger partial charge on any atom is 0.267 e. The number of benzene rings is 3. The van der Waals surface area contributed by atoms with Gasteiger partial charge in [-0.2, -0.15) is 4.98 Å². The molecule has 3 aromatic carbocycles. The van der Waals surface area contributed by atoms with E-state index in [0.717, 1.165) is 36.5 Å². The van der Waals surface area contributed by atoms with Gasteiger partial charge < -0.3 is 50.6 Å². The lowest BCUT2D eigenvalue weighted by Crippen LogP contribution is -2.52. The Morgan fingerprint density at radius 2 is 1.74 bits per heavy atom. The summed E-state index contributed by atoms with van der Waals surface area (Å²) in [6.45, 7) is 4.67. The number of hydrogen-bond donors (Lipinski definition) is 6. The minimum atomic E-state index is -3.28. The van der Waals surface area contributed by atoms with Crippen molar-refractivity contribution < 1.29 is 42.1 Å². The number of amides is 5. The number of nitrogens with one attached hydrogen (secondary N) is 6. The maximum absolute atomic E-state index is 14.8. The van der Waals surface area contributed by atoms with E-state index in [2.05, 4.69) is 46.8 Å². The molecule has 6 N–H and O–H groups in total. The number of carbonyl (C=O) groups is 5. The second-order valence-corrected chi connectivity index (χ2v) is 21.2. The first-order valence-electron chi connectivity index (χ1n) is 22.3. The molecule has 68 heavy (non-hydrogen) atoms. The average Bonchev–Trinajstić information content (AvgIpc) is 3.83. The zero-order chi connectivity index (χ0) is 48.3. The number of anilines is 6. The van der Waals surface area contributed by atoms with Crippen molar-refractivity contribution in [3.8, 4) is 5.75 Å². The molecule has 0 spiro atoms. The zero-order valence-electron chi connectivity index (χ0n) is 37.7. The molecule has 0 bridgehead atoms. The fourth-order valence-corrected chi connectivity index (χ4v) is 10.3. The van der Waals surface area contributed by atoms with Crippen molar-refractivity contribution in [3.05, 3.63) is 83.0 Å². The number of methoxy groups -OCH3 is 1. The molecule has 5 amide bonds. The second-order valence-electron chi connectivity index (χ2n) is 17.6. The first kappa shape index (κ1) is 48.3. The van der Waals surface area contributed by atoms with Crippen LogP contribution >= 0.6 is 18.7 Å². The van der Waals surface area contributed by atoms with Gasteiger partial charge in [-0.25, -0.2) is 13.8 Å². The van der Waals surface area contributed by atoms with E-state index in [0.29, 0.717) is 51.9 Å². The van der Waals surface area contributed by atoms with Crippen LogP contribution < -0.4 is 46.8 Å². The van der Waals surface area contributed by atoms with E-state index in [1.807, 2.05) is 42.5 Å². The fourth-order valence-electron chi connectivity index (χ4n) is 9.03. The largest absolute Gasteiger partial charge is 0.494 e. The molecular formula is C46H53ClF2N11O7P. The molecule has 4 aliphatic rings. The molecule has 4 aromatic rings. The lowest BCUT2D eigenvalue weighted by molar-refractivity contribution is -0.137. The van der Waals surface area contributed by atoms with Crippen LogP contribution in [0.15, 0.2) is 66.9 Å². The van der Waals surface area contributed by atoms with E-state index < -0.39 is 67.6 Å². The third-order valence-electron chi connectivity index (χ3n) is 12.5. The van der Waals surface area contributed by atoms with Gasteiger partial charge >= 0.3 is 0 Å². The summed E-state index contributed by atoms with van der Waals surface area (Å²) < 4.78 is 48.2. The Morgan fingerprint density at radius 1 is 0.971 bits per heavy atom. The Labute approximate surface area is 396 Å². The normalized spacial score (nSPS) is 19.4. The summed E-state index contributed by atoms with van der Waals surface area (Å²) in [5, 5.41) is 18.8. The predicted octanol–water partition coefficient (Wildman–Crippen LogP) is 4.66. The lowest BCUT2D eigenvalue weighted by atomic mass is 10.0. The number of hydrogen-bond acceptors (Lipinski definition) is 14. The van der Waals surface area contributed by atoms with E-state index in [-0.39, 0.29) is 49.2 Å². The van der Waals surface area contributed by atoms with Crippen LogP contribution in [0, 0.1) is 0 Å². The van der Waals surface area contributed by atoms with Crippen LogP contribution in [0.1, 0.15) is 48.0 Å². The zero-order valence-corrected chi connectivity index (χ0v) is 39.4. The Balaban J connectivity index is 0.788. The monoisotopic (exact) mass is 975 g/mol. The van der Waals surface area contributed by atoms with Crippen molar-refractivity contribution in [1.82, 2.24) is 35.7 Å². The minimum Gasteiger partial charge on any atom is -0.494 e. The average molecular weight is 976 g/mol. The SMILES string of the molecule is COc1cc(N2CCC(NCCNCC(=O)N3CC(F)(F)C[C@H]3C(=O)Nc3cccc4c3CN(C3CCC(=O)NC3=O)C4=O)CC2)ccc1Nc1ncc(Cl)c(Nc2ccccc2P(C)(C)=O)n1. The van der Waals surface area contributed by atoms with Crippen molar-refractivity contribution in [1.29, 1.82) is 0 Å². The molecule has 5 heterocycles. The molecule has 0 aliphatic carbocycles. The number of alkyl halides is 2. The molecule has 1 unspecified atom stereocenters. The van der Waals surface area contributed by atoms with Gasteiger partial charge in [-0.3, -0.25) is 29.3 Å². The van der Waals surface area contributed by atoms with Crippen LogP contribution in [0.4, 0.5) is 43.3 Å². The molecule has 360 valence electrons. The van der Waals surface area contributed by atoms with Crippen molar-refractivity contribution >= 4 is 88.1 Å². The molecule has 22 heteroatoms. The molecule has 1 aromatic heterocycles. The molecule has 2 atom stereocenters. The number of imide groups is 1. The molecule has 8 rings (SSSR count). The second kappa shape index (κ2) is 20.2. The van der Waals surface area contributed by atoms with Gasteiger partial charge in [-0.05, 0) is 69.0 Å². The summed E-state index contributed by atoms with van der Waals surface area (Å²) in [6.07, 6.45) is 2.55. The van der Waals surface area contributed by atoms with Gasteiger partial charge in [0.1, 0.15) is 30.0 Å². The van der Waals surface area contributed by atoms with Gasteiger partial charge in [0.25, 0.3) is 11.8 Å². The molecular weight excluding hydrogens is 923 g/mol. The van der Waals surface area contributed by atoms with Gasteiger partial charge in [-0.1, -0.05) is 29.8 Å². The highest BCUT2D eigenvalue weighted by molar-refractivity contribution is 7.70. The van der Waals surface area contributed by atoms with Gasteiger partial charge in [0.2, 0.25) is 29.6 Å². The van der Waals surface area contributed by atoms with E-state index in [1.54, 1.807) is 38.6 Å². The number of likely N-dealkylation sites (tertiary alicyclic amines) is 1. The summed E-state index contributed by atoms with van der Waals surface area (Å²) in [5.41, 5.74) is 3.16. The number of nitrogens with zero attached hydrogens (tertiary/aromatic N) is 5. The summed E-state index contributed by atoms with van der Waals surface area (Å²) in [7, 11) is -1.00. The molecule has 4 aliphatic heterocycles. The van der Waals surface area contributed by atoms with Crippen molar-refractivity contribution in [2.75, 3.05) is 80.6 Å². The summed E-state index contributed by atoms with van der Waals surface area (Å²) in [6, 6.07) is 15.7. The first-order valence-corrected chi connectivity index (χ1v) is 25.3. The van der Waals surface area contributed by atoms with Crippen LogP contribution in [0.2, 0.25) is 5.02 Å². The van der Waals surface area contributed by atoms with E-state index in [1.165, 1.54) is 11.1 Å². The van der Waals surface area contributed by atoms with Gasteiger partial charge in [0.05, 0.1) is 37.8 Å². The Hall–Kier alpha value is -6.21. The number of rotatable bonds is 16. The van der Waals surface area contributed by atoms with E-state index in [4.69, 9.17) is 16.3 Å². The van der Waals surface area contributed by atoms with Crippen molar-refractivity contribution in [2.24, 2.45) is 0 Å². The first-order chi connectivity index (χ1) is 32.5. The Morgan fingerprint density at radius 3 is 2.49 bits per heavy atom. The number of para-hydroxylation sites is 1. The summed E-state index contributed by atoms with van der Waals surface area (Å²) in [4.78, 5) is 77.7. The van der Waals surface area contributed by atoms with Gasteiger partial charge in [0.15, 0.2) is 5.82 Å². The number of fused-ring (bicyclic) bond motifs is 1. The minimum absolute atomic E-state index is 0.0227. The molecule has 0 saturated carbocycles. The Bertz CT molecular complexity index is 2670. The number of ether oxygens (including phenoxy) is 1. The summed E-state index contributed by atoms with van der Waals surface area (Å²) >= 11 is 6.46. The van der Waals surface area contributed by atoms with Crippen LogP contribution in [0.25, 0.3) is 0 Å². The van der Waals surface area contributed by atoms with Crippen molar-refractivity contribution in [3.63, 3.8) is 0 Å². The molecule has 18 nitrogen and oxygen atoms in total. The third kappa shape index (κ3) is 10.9. The van der Waals surface area contributed by atoms with Gasteiger partial charge in [-0.15, -0.1) is 0 Å². The highest BCUT2D eigenvalue weighted by Gasteiger charge is 2.50. The van der Waals surface area contributed by atoms with E-state index >= 15 is 0 Å². The highest BCUT2D eigenvalue weighted by Crippen LogP contribution is 2.40. The molecule has 3 fully saturated rings. The number of aromatic nitrogens is 2. The van der Waals surface area contributed by atoms with Crippen LogP contribution in [0.3, 0.4) is 0 Å². The lowest BCUT2D eigenvalue weighted by Gasteiger charge is -2.34. The number of piperidine rings is 2. The van der Waals surface area contributed by atoms with Crippen LogP contribution in [-0.4, -0.2) is 133 Å². The smallest absolute Gasteiger partial charge is 0.267 e. The third-order valence-corrected chi connectivity index (χ3v) is 14.3. The molecule has 0 radical (unpaired) electrons. The van der Waals surface area contributed by atoms with E-state index in [9.17, 15) is 37.3 Å². The predicted molar refractivity (Wildman–Crippen MR) is 254 cm³/mol. The topological polar surface area (TPSA) is 219 Å². The number of halogens is 3. The van der Waals surface area contributed by atoms with Crippen molar-refractivity contribution in [2.45, 2.75) is 62.7 Å². The maximum atomic E-state index is 14.8. The van der Waals surface area contributed by atoms with Gasteiger partial charge in [0, 0.05) is 85.5 Å². The highest BCUT2D eigenvalue weighted by atomic mass is 35.5. The van der Waals surface area contributed by atoms with Crippen LogP contribution in [0.5, 0.6) is 5.75 Å². The Kier molecular flexibility index (Phi) is 14.3. The van der Waals surface area contributed by atoms with Crippen LogP contribution in [-0.2, 0) is 30.3 Å². The molecule has 3 saturated heterocycles. The number of carbonyl (C=O) groups excluding carboxylic acids is 5.